The summed E-state index contributed by atoms with van der Waals surface area (Å²) < 4.78 is 29.4. The van der Waals surface area contributed by atoms with Gasteiger partial charge in [0.05, 0.1) is 11.0 Å². The molecular weight excluding hydrogens is 262 g/mol. The highest BCUT2D eigenvalue weighted by atomic mass is 32.2. The van der Waals surface area contributed by atoms with Crippen LogP contribution in [0.4, 0.5) is 0 Å². The molecule has 1 aliphatic heterocycles. The smallest absolute Gasteiger partial charge is 0.152 e. The van der Waals surface area contributed by atoms with Gasteiger partial charge in [0, 0.05) is 25.8 Å². The highest BCUT2D eigenvalue weighted by molar-refractivity contribution is 7.91. The van der Waals surface area contributed by atoms with Gasteiger partial charge in [0.2, 0.25) is 0 Å². The largest absolute Gasteiger partial charge is 0.381 e. The highest BCUT2D eigenvalue weighted by Crippen LogP contribution is 2.34. The van der Waals surface area contributed by atoms with Crippen LogP contribution in [0.25, 0.3) is 0 Å². The third kappa shape index (κ3) is 5.40. The quantitative estimate of drug-likeness (QED) is 0.779. The lowest BCUT2D eigenvalue weighted by Crippen LogP contribution is -2.42. The lowest BCUT2D eigenvalue weighted by atomic mass is 9.77. The first-order valence-electron chi connectivity index (χ1n) is 7.30. The summed E-state index contributed by atoms with van der Waals surface area (Å²) in [5.41, 5.74) is 0.0878. The average molecular weight is 291 g/mol. The van der Waals surface area contributed by atoms with Crippen molar-refractivity contribution >= 4 is 9.84 Å². The van der Waals surface area contributed by atoms with Crippen LogP contribution in [0.5, 0.6) is 0 Å². The Balaban J connectivity index is 2.64. The molecule has 0 bridgehead atoms. The van der Waals surface area contributed by atoms with Gasteiger partial charge in [0.15, 0.2) is 9.84 Å². The number of hydrogen-bond acceptors (Lipinski definition) is 4. The first kappa shape index (κ1) is 16.9. The molecule has 1 N–H and O–H groups in total. The number of hydrogen-bond donors (Lipinski definition) is 1. The fraction of sp³-hybridized carbons (Fsp3) is 1.00. The first-order chi connectivity index (χ1) is 8.77. The fourth-order valence-corrected chi connectivity index (χ4v) is 3.52. The van der Waals surface area contributed by atoms with Gasteiger partial charge in [-0.3, -0.25) is 0 Å². The molecule has 0 saturated carbocycles. The summed E-state index contributed by atoms with van der Waals surface area (Å²) in [7, 11) is -2.94. The molecule has 0 aromatic carbocycles. The Labute approximate surface area is 118 Å². The molecule has 0 unspecified atom stereocenters. The standard InChI is InChI=1S/C14H29NO3S/c1-12(2)15-11-14(5-8-18-9-6-14)7-10-19(16,17)13(3)4/h12-13,15H,5-11H2,1-4H3. The Morgan fingerprint density at radius 3 is 2.21 bits per heavy atom. The number of sulfone groups is 1. The maximum atomic E-state index is 12.0. The number of ether oxygens (including phenoxy) is 1. The van der Waals surface area contributed by atoms with E-state index >= 15 is 0 Å². The summed E-state index contributed by atoms with van der Waals surface area (Å²) in [6.45, 7) is 10.2. The number of rotatable bonds is 7. The van der Waals surface area contributed by atoms with Crippen LogP contribution >= 0.6 is 0 Å². The second-order valence-corrected chi connectivity index (χ2v) is 8.99. The van der Waals surface area contributed by atoms with Gasteiger partial charge in [0.1, 0.15) is 0 Å². The van der Waals surface area contributed by atoms with E-state index in [4.69, 9.17) is 4.74 Å². The molecule has 0 radical (unpaired) electrons. The van der Waals surface area contributed by atoms with Gasteiger partial charge < -0.3 is 10.1 Å². The predicted octanol–water partition coefficient (Wildman–Crippen LogP) is 1.99. The van der Waals surface area contributed by atoms with Crippen molar-refractivity contribution in [2.45, 2.75) is 58.2 Å². The Kier molecular flexibility index (Phi) is 6.27. The minimum absolute atomic E-state index is 0.0878. The van der Waals surface area contributed by atoms with Crippen LogP contribution in [-0.2, 0) is 14.6 Å². The Morgan fingerprint density at radius 2 is 1.74 bits per heavy atom. The molecule has 1 rings (SSSR count). The summed E-state index contributed by atoms with van der Waals surface area (Å²) in [6.07, 6.45) is 2.66. The van der Waals surface area contributed by atoms with E-state index in [1.54, 1.807) is 13.8 Å². The van der Waals surface area contributed by atoms with Crippen molar-refractivity contribution in [2.75, 3.05) is 25.5 Å². The molecule has 1 saturated heterocycles. The molecule has 0 aromatic rings. The van der Waals surface area contributed by atoms with E-state index in [2.05, 4.69) is 19.2 Å². The van der Waals surface area contributed by atoms with Gasteiger partial charge in [-0.15, -0.1) is 0 Å². The van der Waals surface area contributed by atoms with Crippen molar-refractivity contribution in [1.29, 1.82) is 0 Å². The third-order valence-electron chi connectivity index (χ3n) is 4.07. The second kappa shape index (κ2) is 7.04. The minimum atomic E-state index is -2.94. The summed E-state index contributed by atoms with van der Waals surface area (Å²) in [5, 5.41) is 3.20. The van der Waals surface area contributed by atoms with Gasteiger partial charge in [0.25, 0.3) is 0 Å². The third-order valence-corrected chi connectivity index (χ3v) is 6.28. The summed E-state index contributed by atoms with van der Waals surface area (Å²) in [5.74, 6) is 0.296. The fourth-order valence-electron chi connectivity index (χ4n) is 2.33. The molecule has 5 heteroatoms. The Bertz CT molecular complexity index is 357. The molecule has 0 aliphatic carbocycles. The van der Waals surface area contributed by atoms with Gasteiger partial charge >= 0.3 is 0 Å². The minimum Gasteiger partial charge on any atom is -0.381 e. The summed E-state index contributed by atoms with van der Waals surface area (Å²) >= 11 is 0. The zero-order valence-corrected chi connectivity index (χ0v) is 13.6. The molecular formula is C14H29NO3S. The molecule has 1 heterocycles. The predicted molar refractivity (Wildman–Crippen MR) is 79.2 cm³/mol. The lowest BCUT2D eigenvalue weighted by molar-refractivity contribution is 0.0124. The van der Waals surface area contributed by atoms with Gasteiger partial charge in [-0.05, 0) is 38.5 Å². The number of nitrogens with one attached hydrogen (secondary N) is 1. The van der Waals surface area contributed by atoms with Crippen LogP contribution in [-0.4, -0.2) is 45.2 Å². The average Bonchev–Trinajstić information content (AvgIpc) is 2.35. The molecule has 1 aliphatic rings. The molecule has 0 aromatic heterocycles. The zero-order chi connectivity index (χ0) is 14.5. The van der Waals surface area contributed by atoms with E-state index in [-0.39, 0.29) is 10.7 Å². The molecule has 0 spiro atoms. The Hall–Kier alpha value is -0.130. The van der Waals surface area contributed by atoms with Crippen molar-refractivity contribution in [2.24, 2.45) is 5.41 Å². The van der Waals surface area contributed by atoms with E-state index in [9.17, 15) is 8.42 Å². The van der Waals surface area contributed by atoms with Crippen LogP contribution in [0.15, 0.2) is 0 Å². The van der Waals surface area contributed by atoms with Crippen molar-refractivity contribution < 1.29 is 13.2 Å². The van der Waals surface area contributed by atoms with E-state index in [0.29, 0.717) is 11.8 Å². The molecule has 19 heavy (non-hydrogen) atoms. The summed E-state index contributed by atoms with van der Waals surface area (Å²) in [4.78, 5) is 0. The van der Waals surface area contributed by atoms with Crippen LogP contribution in [0.2, 0.25) is 0 Å². The SMILES string of the molecule is CC(C)NCC1(CCS(=O)(=O)C(C)C)CCOCC1. The Morgan fingerprint density at radius 1 is 1.16 bits per heavy atom. The molecule has 1 fully saturated rings. The monoisotopic (exact) mass is 291 g/mol. The van der Waals surface area contributed by atoms with Crippen LogP contribution in [0.3, 0.4) is 0 Å². The van der Waals surface area contributed by atoms with E-state index in [0.717, 1.165) is 39.0 Å². The van der Waals surface area contributed by atoms with Crippen molar-refractivity contribution in [3.63, 3.8) is 0 Å². The van der Waals surface area contributed by atoms with Gasteiger partial charge in [-0.2, -0.15) is 0 Å². The van der Waals surface area contributed by atoms with Crippen molar-refractivity contribution in [1.82, 2.24) is 5.32 Å². The zero-order valence-electron chi connectivity index (χ0n) is 12.7. The van der Waals surface area contributed by atoms with E-state index in [1.165, 1.54) is 0 Å². The van der Waals surface area contributed by atoms with Gasteiger partial charge in [-0.25, -0.2) is 8.42 Å². The molecule has 114 valence electrons. The maximum absolute atomic E-state index is 12.0. The molecule has 4 nitrogen and oxygen atoms in total. The van der Waals surface area contributed by atoms with E-state index in [1.807, 2.05) is 0 Å². The van der Waals surface area contributed by atoms with Crippen LogP contribution < -0.4 is 5.32 Å². The summed E-state index contributed by atoms with van der Waals surface area (Å²) in [6, 6.07) is 0.432. The highest BCUT2D eigenvalue weighted by Gasteiger charge is 2.34. The molecule has 0 atom stereocenters. The van der Waals surface area contributed by atoms with Crippen LogP contribution in [0.1, 0.15) is 47.0 Å². The molecule has 0 amide bonds. The van der Waals surface area contributed by atoms with Crippen LogP contribution in [0, 0.1) is 5.41 Å². The van der Waals surface area contributed by atoms with Crippen molar-refractivity contribution in [3.05, 3.63) is 0 Å². The maximum Gasteiger partial charge on any atom is 0.152 e. The van der Waals surface area contributed by atoms with E-state index < -0.39 is 9.84 Å². The first-order valence-corrected chi connectivity index (χ1v) is 9.02. The van der Waals surface area contributed by atoms with Crippen molar-refractivity contribution in [3.8, 4) is 0 Å². The normalized spacial score (nSPS) is 20.1. The second-order valence-electron chi connectivity index (χ2n) is 6.31. The lowest BCUT2D eigenvalue weighted by Gasteiger charge is -2.38. The van der Waals surface area contributed by atoms with Gasteiger partial charge in [-0.1, -0.05) is 13.8 Å². The topological polar surface area (TPSA) is 55.4 Å².